The van der Waals surface area contributed by atoms with Gasteiger partial charge in [0.2, 0.25) is 0 Å². The van der Waals surface area contributed by atoms with Crippen LogP contribution >= 0.6 is 27.3 Å². The van der Waals surface area contributed by atoms with E-state index in [-0.39, 0.29) is 0 Å². The van der Waals surface area contributed by atoms with Gasteiger partial charge in [-0.3, -0.25) is 0 Å². The van der Waals surface area contributed by atoms with Crippen LogP contribution in [0.15, 0.2) is 15.9 Å². The second-order valence-corrected chi connectivity index (χ2v) is 6.46. The fourth-order valence-electron chi connectivity index (χ4n) is 1.58. The summed E-state index contributed by atoms with van der Waals surface area (Å²) in [4.78, 5) is 3.75. The molecule has 15 heavy (non-hydrogen) atoms. The molecule has 0 aliphatic rings. The van der Waals surface area contributed by atoms with Crippen molar-refractivity contribution < 1.29 is 0 Å². The van der Waals surface area contributed by atoms with Gasteiger partial charge in [-0.25, -0.2) is 0 Å². The molecule has 0 fully saturated rings. The van der Waals surface area contributed by atoms with E-state index in [9.17, 15) is 0 Å². The van der Waals surface area contributed by atoms with Crippen molar-refractivity contribution in [3.05, 3.63) is 20.8 Å². The minimum atomic E-state index is 0.624. The first-order valence-electron chi connectivity index (χ1n) is 5.28. The van der Waals surface area contributed by atoms with E-state index >= 15 is 0 Å². The molecule has 0 aliphatic carbocycles. The molecule has 4 heteroatoms. The van der Waals surface area contributed by atoms with Crippen LogP contribution in [-0.4, -0.2) is 25.0 Å². The number of nitrogens with zero attached hydrogens (tertiary/aromatic N) is 1. The van der Waals surface area contributed by atoms with Crippen molar-refractivity contribution in [2.45, 2.75) is 19.9 Å². The molecule has 0 spiro atoms. The van der Waals surface area contributed by atoms with E-state index in [1.807, 2.05) is 0 Å². The highest BCUT2D eigenvalue weighted by Gasteiger charge is 2.09. The van der Waals surface area contributed by atoms with E-state index in [2.05, 4.69) is 46.9 Å². The van der Waals surface area contributed by atoms with Crippen LogP contribution in [-0.2, 0) is 6.54 Å². The van der Waals surface area contributed by atoms with Gasteiger partial charge in [-0.05, 0) is 47.6 Å². The smallest absolute Gasteiger partial charge is 0.0701 e. The van der Waals surface area contributed by atoms with Crippen LogP contribution in [0.25, 0.3) is 0 Å². The molecule has 0 aliphatic heterocycles. The summed E-state index contributed by atoms with van der Waals surface area (Å²) < 4.78 is 1.21. The Morgan fingerprint density at radius 1 is 1.53 bits per heavy atom. The van der Waals surface area contributed by atoms with Crippen LogP contribution in [0.4, 0.5) is 0 Å². The Bertz CT molecular complexity index is 284. The predicted octanol–water partition coefficient (Wildman–Crippen LogP) is 2.93. The third-order valence-corrected chi connectivity index (χ3v) is 4.14. The zero-order valence-corrected chi connectivity index (χ0v) is 11.8. The third-order valence-electron chi connectivity index (χ3n) is 2.54. The molecule has 0 saturated heterocycles. The maximum absolute atomic E-state index is 5.70. The van der Waals surface area contributed by atoms with E-state index < -0.39 is 0 Å². The Hall–Kier alpha value is 0.1000. The summed E-state index contributed by atoms with van der Waals surface area (Å²) in [7, 11) is 2.16. The lowest BCUT2D eigenvalue weighted by Crippen LogP contribution is -2.29. The van der Waals surface area contributed by atoms with E-state index in [0.29, 0.717) is 5.92 Å². The van der Waals surface area contributed by atoms with Gasteiger partial charge < -0.3 is 10.6 Å². The van der Waals surface area contributed by atoms with Gasteiger partial charge >= 0.3 is 0 Å². The number of hydrogen-bond acceptors (Lipinski definition) is 3. The topological polar surface area (TPSA) is 29.3 Å². The fourth-order valence-corrected chi connectivity index (χ4v) is 3.14. The quantitative estimate of drug-likeness (QED) is 0.873. The number of nitrogens with two attached hydrogens (primary N) is 1. The molecule has 0 saturated carbocycles. The first-order chi connectivity index (χ1) is 7.15. The molecule has 2 N–H and O–H groups in total. The summed E-state index contributed by atoms with van der Waals surface area (Å²) in [6.07, 6.45) is 1.16. The number of thiophene rings is 1. The van der Waals surface area contributed by atoms with E-state index in [0.717, 1.165) is 26.1 Å². The first-order valence-corrected chi connectivity index (χ1v) is 6.89. The predicted molar refractivity (Wildman–Crippen MR) is 71.2 cm³/mol. The molecule has 0 aromatic carbocycles. The van der Waals surface area contributed by atoms with Gasteiger partial charge in [0.15, 0.2) is 0 Å². The Morgan fingerprint density at radius 2 is 2.27 bits per heavy atom. The van der Waals surface area contributed by atoms with Crippen molar-refractivity contribution in [1.29, 1.82) is 0 Å². The number of halogens is 1. The highest BCUT2D eigenvalue weighted by molar-refractivity contribution is 9.11. The zero-order valence-electron chi connectivity index (χ0n) is 9.37. The molecule has 2 nitrogen and oxygen atoms in total. The Morgan fingerprint density at radius 3 is 2.73 bits per heavy atom. The minimum Gasteiger partial charge on any atom is -0.330 e. The summed E-state index contributed by atoms with van der Waals surface area (Å²) >= 11 is 5.28. The largest absolute Gasteiger partial charge is 0.330 e. The van der Waals surface area contributed by atoms with Gasteiger partial charge in [0.25, 0.3) is 0 Å². The molecule has 0 amide bonds. The number of rotatable bonds is 6. The van der Waals surface area contributed by atoms with Crippen LogP contribution in [0.1, 0.15) is 18.2 Å². The lowest BCUT2D eigenvalue weighted by molar-refractivity contribution is 0.270. The van der Waals surface area contributed by atoms with E-state index in [4.69, 9.17) is 5.73 Å². The Kier molecular flexibility index (Phi) is 5.82. The van der Waals surface area contributed by atoms with Crippen molar-refractivity contribution >= 4 is 27.3 Å². The molecule has 0 bridgehead atoms. The average molecular weight is 291 g/mol. The molecule has 86 valence electrons. The van der Waals surface area contributed by atoms with Crippen LogP contribution < -0.4 is 5.73 Å². The first kappa shape index (κ1) is 13.2. The van der Waals surface area contributed by atoms with E-state index in [1.54, 1.807) is 11.3 Å². The monoisotopic (exact) mass is 290 g/mol. The van der Waals surface area contributed by atoms with Crippen LogP contribution in [0, 0.1) is 5.92 Å². The SMILES string of the molecule is CCC(CN)CN(C)Cc1ccc(Br)s1. The number of hydrogen-bond donors (Lipinski definition) is 1. The maximum atomic E-state index is 5.70. The van der Waals surface area contributed by atoms with Gasteiger partial charge in [0, 0.05) is 18.0 Å². The van der Waals surface area contributed by atoms with Crippen molar-refractivity contribution in [2.24, 2.45) is 11.7 Å². The average Bonchev–Trinajstić information content (AvgIpc) is 2.60. The maximum Gasteiger partial charge on any atom is 0.0701 e. The standard InChI is InChI=1S/C11H19BrN2S/c1-3-9(6-13)7-14(2)8-10-4-5-11(12)15-10/h4-5,9H,3,6-8,13H2,1-2H3. The van der Waals surface area contributed by atoms with Gasteiger partial charge in [0.1, 0.15) is 0 Å². The lowest BCUT2D eigenvalue weighted by atomic mass is 10.1. The van der Waals surface area contributed by atoms with Crippen molar-refractivity contribution in [1.82, 2.24) is 4.90 Å². The van der Waals surface area contributed by atoms with Crippen LogP contribution in [0.3, 0.4) is 0 Å². The van der Waals surface area contributed by atoms with Gasteiger partial charge in [-0.2, -0.15) is 0 Å². The van der Waals surface area contributed by atoms with Gasteiger partial charge in [-0.15, -0.1) is 11.3 Å². The van der Waals surface area contributed by atoms with E-state index in [1.165, 1.54) is 8.66 Å². The molecule has 1 unspecified atom stereocenters. The summed E-state index contributed by atoms with van der Waals surface area (Å²) in [5.41, 5.74) is 5.70. The van der Waals surface area contributed by atoms with Crippen LogP contribution in [0.5, 0.6) is 0 Å². The van der Waals surface area contributed by atoms with Gasteiger partial charge in [-0.1, -0.05) is 13.3 Å². The lowest BCUT2D eigenvalue weighted by Gasteiger charge is -2.21. The summed E-state index contributed by atoms with van der Waals surface area (Å²) in [5.74, 6) is 0.624. The summed E-state index contributed by atoms with van der Waals surface area (Å²) in [6.45, 7) is 5.09. The highest BCUT2D eigenvalue weighted by atomic mass is 79.9. The van der Waals surface area contributed by atoms with Crippen molar-refractivity contribution in [3.8, 4) is 0 Å². The molecule has 1 aromatic rings. The van der Waals surface area contributed by atoms with Crippen LogP contribution in [0.2, 0.25) is 0 Å². The highest BCUT2D eigenvalue weighted by Crippen LogP contribution is 2.23. The Balaban J connectivity index is 2.38. The molecule has 1 atom stereocenters. The summed E-state index contributed by atoms with van der Waals surface area (Å²) in [5, 5.41) is 0. The van der Waals surface area contributed by atoms with Crippen molar-refractivity contribution in [3.63, 3.8) is 0 Å². The minimum absolute atomic E-state index is 0.624. The second-order valence-electron chi connectivity index (χ2n) is 3.91. The zero-order chi connectivity index (χ0) is 11.3. The van der Waals surface area contributed by atoms with Gasteiger partial charge in [0.05, 0.1) is 3.79 Å². The molecular formula is C11H19BrN2S. The second kappa shape index (κ2) is 6.63. The normalized spacial score (nSPS) is 13.4. The molecule has 1 heterocycles. The Labute approximate surface area is 105 Å². The molecule has 1 aromatic heterocycles. The third kappa shape index (κ3) is 4.64. The fraction of sp³-hybridized carbons (Fsp3) is 0.636. The summed E-state index contributed by atoms with van der Waals surface area (Å²) in [6, 6.07) is 4.28. The molecule has 1 rings (SSSR count). The van der Waals surface area contributed by atoms with Crippen molar-refractivity contribution in [2.75, 3.05) is 20.1 Å². The molecule has 0 radical (unpaired) electrons. The molecular weight excluding hydrogens is 272 g/mol.